The molecule has 1 heterocycles. The zero-order valence-corrected chi connectivity index (χ0v) is 11.6. The van der Waals surface area contributed by atoms with Crippen LogP contribution in [0.25, 0.3) is 0 Å². The van der Waals surface area contributed by atoms with E-state index in [2.05, 4.69) is 5.32 Å². The summed E-state index contributed by atoms with van der Waals surface area (Å²) in [4.78, 5) is 22.5. The third kappa shape index (κ3) is 4.77. The normalized spacial score (nSPS) is 13.8. The molecule has 1 amide bonds. The van der Waals surface area contributed by atoms with Crippen LogP contribution < -0.4 is 5.32 Å². The van der Waals surface area contributed by atoms with Crippen LogP contribution in [0.1, 0.15) is 49.2 Å². The number of nitrogens with one attached hydrogen (secondary N) is 1. The van der Waals surface area contributed by atoms with Crippen molar-refractivity contribution in [3.8, 4) is 0 Å². The van der Waals surface area contributed by atoms with Gasteiger partial charge >= 0.3 is 5.97 Å². The highest BCUT2D eigenvalue weighted by atomic mass is 16.4. The van der Waals surface area contributed by atoms with Crippen LogP contribution in [0.15, 0.2) is 16.7 Å². The van der Waals surface area contributed by atoms with Crippen molar-refractivity contribution in [3.05, 3.63) is 23.7 Å². The first-order valence-electron chi connectivity index (χ1n) is 6.49. The molecule has 0 aromatic carbocycles. The van der Waals surface area contributed by atoms with Crippen molar-refractivity contribution >= 4 is 11.9 Å². The van der Waals surface area contributed by atoms with Crippen molar-refractivity contribution in [3.63, 3.8) is 0 Å². The Kier molecular flexibility index (Phi) is 5.60. The molecule has 0 bridgehead atoms. The van der Waals surface area contributed by atoms with Crippen molar-refractivity contribution in [2.24, 2.45) is 5.92 Å². The second kappa shape index (κ2) is 6.97. The standard InChI is InChI=1S/C14H21NO4/c1-9-7-8-19-12(9)13(16)15-11(3)6-4-5-10(2)14(17)18/h7-8,10-11H,4-6H2,1-3H3,(H,15,16)(H,17,18). The Morgan fingerprint density at radius 1 is 1.37 bits per heavy atom. The summed E-state index contributed by atoms with van der Waals surface area (Å²) in [6.45, 7) is 5.41. The topological polar surface area (TPSA) is 79.5 Å². The Morgan fingerprint density at radius 2 is 2.05 bits per heavy atom. The van der Waals surface area contributed by atoms with Crippen LogP contribution in [0.2, 0.25) is 0 Å². The average Bonchev–Trinajstić information content (AvgIpc) is 2.75. The third-order valence-corrected chi connectivity index (χ3v) is 3.14. The van der Waals surface area contributed by atoms with Crippen LogP contribution in [0, 0.1) is 12.8 Å². The number of aryl methyl sites for hydroxylation is 1. The van der Waals surface area contributed by atoms with Crippen molar-refractivity contribution in [1.29, 1.82) is 0 Å². The van der Waals surface area contributed by atoms with Gasteiger partial charge < -0.3 is 14.8 Å². The lowest BCUT2D eigenvalue weighted by Gasteiger charge is -2.14. The Balaban J connectivity index is 2.32. The highest BCUT2D eigenvalue weighted by Crippen LogP contribution is 2.12. The molecule has 1 aromatic rings. The molecule has 0 aliphatic carbocycles. The fraction of sp³-hybridized carbons (Fsp3) is 0.571. The summed E-state index contributed by atoms with van der Waals surface area (Å²) in [5.74, 6) is -0.995. The van der Waals surface area contributed by atoms with E-state index >= 15 is 0 Å². The molecule has 2 atom stereocenters. The molecule has 0 spiro atoms. The van der Waals surface area contributed by atoms with E-state index in [1.165, 1.54) is 6.26 Å². The van der Waals surface area contributed by atoms with Crippen LogP contribution in [0.5, 0.6) is 0 Å². The fourth-order valence-electron chi connectivity index (χ4n) is 1.82. The maximum absolute atomic E-state index is 11.8. The van der Waals surface area contributed by atoms with Gasteiger partial charge in [-0.25, -0.2) is 0 Å². The van der Waals surface area contributed by atoms with E-state index in [0.717, 1.165) is 18.4 Å². The molecule has 1 rings (SSSR count). The number of carbonyl (C=O) groups excluding carboxylic acids is 1. The van der Waals surface area contributed by atoms with Crippen LogP contribution in [-0.4, -0.2) is 23.0 Å². The smallest absolute Gasteiger partial charge is 0.306 e. The minimum atomic E-state index is -0.775. The first kappa shape index (κ1) is 15.3. The van der Waals surface area contributed by atoms with Crippen LogP contribution >= 0.6 is 0 Å². The highest BCUT2D eigenvalue weighted by molar-refractivity contribution is 5.92. The fourth-order valence-corrected chi connectivity index (χ4v) is 1.82. The average molecular weight is 267 g/mol. The number of hydrogen-bond donors (Lipinski definition) is 2. The second-order valence-corrected chi connectivity index (χ2v) is 4.98. The molecule has 5 nitrogen and oxygen atoms in total. The zero-order chi connectivity index (χ0) is 14.4. The predicted molar refractivity (Wildman–Crippen MR) is 71.0 cm³/mol. The van der Waals surface area contributed by atoms with Crippen molar-refractivity contribution in [1.82, 2.24) is 5.32 Å². The molecule has 2 unspecified atom stereocenters. The number of furan rings is 1. The predicted octanol–water partition coefficient (Wildman–Crippen LogP) is 2.60. The molecule has 0 aliphatic rings. The Morgan fingerprint density at radius 3 is 2.58 bits per heavy atom. The Hall–Kier alpha value is -1.78. The number of aliphatic carboxylic acids is 1. The van der Waals surface area contributed by atoms with Gasteiger partial charge in [0.05, 0.1) is 12.2 Å². The molecule has 0 saturated carbocycles. The summed E-state index contributed by atoms with van der Waals surface area (Å²) in [5.41, 5.74) is 0.809. The molecule has 0 saturated heterocycles. The quantitative estimate of drug-likeness (QED) is 0.795. The third-order valence-electron chi connectivity index (χ3n) is 3.14. The highest BCUT2D eigenvalue weighted by Gasteiger charge is 2.16. The van der Waals surface area contributed by atoms with Crippen molar-refractivity contribution in [2.45, 2.75) is 46.1 Å². The molecule has 5 heteroatoms. The summed E-state index contributed by atoms with van der Waals surface area (Å²) >= 11 is 0. The van der Waals surface area contributed by atoms with Gasteiger partial charge in [-0.1, -0.05) is 13.3 Å². The molecule has 2 N–H and O–H groups in total. The summed E-state index contributed by atoms with van der Waals surface area (Å²) < 4.78 is 5.11. The lowest BCUT2D eigenvalue weighted by atomic mass is 10.0. The maximum Gasteiger partial charge on any atom is 0.306 e. The Bertz CT molecular complexity index is 438. The SMILES string of the molecule is Cc1ccoc1C(=O)NC(C)CCCC(C)C(=O)O. The van der Waals surface area contributed by atoms with E-state index in [4.69, 9.17) is 9.52 Å². The molecule has 0 radical (unpaired) electrons. The van der Waals surface area contributed by atoms with E-state index in [0.29, 0.717) is 12.2 Å². The van der Waals surface area contributed by atoms with E-state index < -0.39 is 5.97 Å². The largest absolute Gasteiger partial charge is 0.481 e. The molecular weight excluding hydrogens is 246 g/mol. The van der Waals surface area contributed by atoms with Gasteiger partial charge in [-0.3, -0.25) is 9.59 Å². The van der Waals surface area contributed by atoms with Gasteiger partial charge in [-0.2, -0.15) is 0 Å². The lowest BCUT2D eigenvalue weighted by molar-refractivity contribution is -0.141. The van der Waals surface area contributed by atoms with Gasteiger partial charge in [-0.15, -0.1) is 0 Å². The zero-order valence-electron chi connectivity index (χ0n) is 11.6. The lowest BCUT2D eigenvalue weighted by Crippen LogP contribution is -2.32. The van der Waals surface area contributed by atoms with E-state index in [9.17, 15) is 9.59 Å². The first-order valence-corrected chi connectivity index (χ1v) is 6.49. The molecule has 106 valence electrons. The van der Waals surface area contributed by atoms with Crippen LogP contribution in [-0.2, 0) is 4.79 Å². The number of carbonyl (C=O) groups is 2. The van der Waals surface area contributed by atoms with Crippen LogP contribution in [0.3, 0.4) is 0 Å². The Labute approximate surface area is 113 Å². The molecular formula is C14H21NO4. The number of carboxylic acids is 1. The molecule has 0 fully saturated rings. The van der Waals surface area contributed by atoms with Crippen LogP contribution in [0.4, 0.5) is 0 Å². The van der Waals surface area contributed by atoms with E-state index in [1.807, 2.05) is 13.8 Å². The van der Waals surface area contributed by atoms with Gasteiger partial charge in [0.25, 0.3) is 5.91 Å². The maximum atomic E-state index is 11.8. The monoisotopic (exact) mass is 267 g/mol. The minimum absolute atomic E-state index is 0.00186. The van der Waals surface area contributed by atoms with Crippen molar-refractivity contribution < 1.29 is 19.1 Å². The van der Waals surface area contributed by atoms with E-state index in [1.54, 1.807) is 13.0 Å². The molecule has 19 heavy (non-hydrogen) atoms. The summed E-state index contributed by atoms with van der Waals surface area (Å²) in [6, 6.07) is 1.74. The van der Waals surface area contributed by atoms with Gasteiger partial charge in [0.2, 0.25) is 0 Å². The minimum Gasteiger partial charge on any atom is -0.481 e. The molecule has 0 aliphatic heterocycles. The number of amides is 1. The van der Waals surface area contributed by atoms with Gasteiger partial charge in [0, 0.05) is 11.6 Å². The van der Waals surface area contributed by atoms with E-state index in [-0.39, 0.29) is 17.9 Å². The molecule has 1 aromatic heterocycles. The second-order valence-electron chi connectivity index (χ2n) is 4.98. The summed E-state index contributed by atoms with van der Waals surface area (Å²) in [7, 11) is 0. The van der Waals surface area contributed by atoms with Gasteiger partial charge in [-0.05, 0) is 32.8 Å². The van der Waals surface area contributed by atoms with Gasteiger partial charge in [0.1, 0.15) is 0 Å². The summed E-state index contributed by atoms with van der Waals surface area (Å²) in [6.07, 6.45) is 3.63. The number of hydrogen-bond acceptors (Lipinski definition) is 3. The number of carboxylic acid groups (broad SMARTS) is 1. The number of rotatable bonds is 7. The summed E-state index contributed by atoms with van der Waals surface area (Å²) in [5, 5.41) is 11.6. The first-order chi connectivity index (χ1) is 8.91. The van der Waals surface area contributed by atoms with Crippen molar-refractivity contribution in [2.75, 3.05) is 0 Å². The van der Waals surface area contributed by atoms with Gasteiger partial charge in [0.15, 0.2) is 5.76 Å².